The van der Waals surface area contributed by atoms with Crippen LogP contribution in [0.15, 0.2) is 18.2 Å². The van der Waals surface area contributed by atoms with Crippen molar-refractivity contribution in [3.05, 3.63) is 29.6 Å². The van der Waals surface area contributed by atoms with E-state index in [1.54, 1.807) is 6.07 Å². The Morgan fingerprint density at radius 1 is 1.47 bits per heavy atom. The van der Waals surface area contributed by atoms with Gasteiger partial charge in [0.15, 0.2) is 0 Å². The monoisotopic (exact) mass is 262 g/mol. The van der Waals surface area contributed by atoms with Gasteiger partial charge in [0.25, 0.3) is 0 Å². The van der Waals surface area contributed by atoms with Crippen molar-refractivity contribution in [3.8, 4) is 6.07 Å². The van der Waals surface area contributed by atoms with Crippen LogP contribution in [0.3, 0.4) is 0 Å². The molecule has 19 heavy (non-hydrogen) atoms. The van der Waals surface area contributed by atoms with Gasteiger partial charge in [0, 0.05) is 25.4 Å². The van der Waals surface area contributed by atoms with Crippen LogP contribution < -0.4 is 4.90 Å². The van der Waals surface area contributed by atoms with E-state index in [1.165, 1.54) is 12.1 Å². The normalized spacial score (nSPS) is 19.2. The summed E-state index contributed by atoms with van der Waals surface area (Å²) in [6, 6.07) is 6.49. The molecule has 0 radical (unpaired) electrons. The Bertz CT molecular complexity index is 470. The average molecular weight is 262 g/mol. The summed E-state index contributed by atoms with van der Waals surface area (Å²) in [5.41, 5.74) is 1.15. The predicted molar refractivity (Wildman–Crippen MR) is 72.6 cm³/mol. The molecule has 1 heterocycles. The molecule has 1 aromatic carbocycles. The van der Waals surface area contributed by atoms with Gasteiger partial charge in [0.2, 0.25) is 0 Å². The second-order valence-electron chi connectivity index (χ2n) is 4.89. The molecule has 1 aliphatic heterocycles. The van der Waals surface area contributed by atoms with Gasteiger partial charge in [0.1, 0.15) is 5.82 Å². The van der Waals surface area contributed by atoms with E-state index in [-0.39, 0.29) is 11.9 Å². The molecular formula is C15H19FN2O. The van der Waals surface area contributed by atoms with Gasteiger partial charge in [-0.2, -0.15) is 5.26 Å². The van der Waals surface area contributed by atoms with Crippen molar-refractivity contribution in [2.45, 2.75) is 32.3 Å². The Labute approximate surface area is 113 Å². The van der Waals surface area contributed by atoms with Gasteiger partial charge in [-0.25, -0.2) is 4.39 Å². The largest absolute Gasteiger partial charge is 0.376 e. The van der Waals surface area contributed by atoms with Crippen LogP contribution in [0.25, 0.3) is 0 Å². The maximum Gasteiger partial charge on any atom is 0.126 e. The van der Waals surface area contributed by atoms with Crippen LogP contribution in [0.4, 0.5) is 10.1 Å². The first-order valence-corrected chi connectivity index (χ1v) is 6.80. The first kappa shape index (κ1) is 13.8. The number of benzene rings is 1. The molecule has 0 spiro atoms. The second kappa shape index (κ2) is 6.53. The lowest BCUT2D eigenvalue weighted by Crippen LogP contribution is -2.39. The number of hydrogen-bond acceptors (Lipinski definition) is 3. The highest BCUT2D eigenvalue weighted by atomic mass is 19.1. The van der Waals surface area contributed by atoms with E-state index in [9.17, 15) is 4.39 Å². The second-order valence-corrected chi connectivity index (χ2v) is 4.89. The Morgan fingerprint density at radius 2 is 2.32 bits per heavy atom. The number of halogens is 1. The van der Waals surface area contributed by atoms with E-state index in [4.69, 9.17) is 10.00 Å². The summed E-state index contributed by atoms with van der Waals surface area (Å²) in [5.74, 6) is -0.356. The van der Waals surface area contributed by atoms with Crippen molar-refractivity contribution >= 4 is 5.69 Å². The number of anilines is 1. The van der Waals surface area contributed by atoms with Crippen molar-refractivity contribution in [1.29, 1.82) is 5.26 Å². The number of hydrogen-bond donors (Lipinski definition) is 0. The number of nitriles is 1. The minimum absolute atomic E-state index is 0.211. The van der Waals surface area contributed by atoms with Gasteiger partial charge in [-0.1, -0.05) is 6.92 Å². The lowest BCUT2D eigenvalue weighted by Gasteiger charge is -2.34. The molecule has 0 aromatic heterocycles. The minimum Gasteiger partial charge on any atom is -0.376 e. The van der Waals surface area contributed by atoms with Gasteiger partial charge in [-0.15, -0.1) is 0 Å². The molecular weight excluding hydrogens is 243 g/mol. The summed E-state index contributed by atoms with van der Waals surface area (Å²) < 4.78 is 19.2. The quantitative estimate of drug-likeness (QED) is 0.836. The summed E-state index contributed by atoms with van der Waals surface area (Å²) in [7, 11) is 0. The van der Waals surface area contributed by atoms with Crippen LogP contribution in [0.2, 0.25) is 0 Å². The van der Waals surface area contributed by atoms with Gasteiger partial charge >= 0.3 is 0 Å². The molecule has 1 unspecified atom stereocenters. The highest BCUT2D eigenvalue weighted by molar-refractivity contribution is 5.52. The van der Waals surface area contributed by atoms with Crippen LogP contribution in [0.1, 0.15) is 31.7 Å². The van der Waals surface area contributed by atoms with E-state index in [0.29, 0.717) is 5.56 Å². The van der Waals surface area contributed by atoms with Crippen molar-refractivity contribution in [1.82, 2.24) is 0 Å². The number of nitrogens with zero attached hydrogens (tertiary/aromatic N) is 2. The van der Waals surface area contributed by atoms with Crippen LogP contribution in [0, 0.1) is 17.1 Å². The molecule has 1 aliphatic rings. The first-order chi connectivity index (χ1) is 9.22. The van der Waals surface area contributed by atoms with E-state index < -0.39 is 0 Å². The smallest absolute Gasteiger partial charge is 0.126 e. The van der Waals surface area contributed by atoms with Crippen molar-refractivity contribution in [2.75, 3.05) is 24.6 Å². The zero-order valence-electron chi connectivity index (χ0n) is 11.2. The molecule has 1 aromatic rings. The highest BCUT2D eigenvalue weighted by Gasteiger charge is 2.21. The van der Waals surface area contributed by atoms with E-state index in [0.717, 1.165) is 44.6 Å². The van der Waals surface area contributed by atoms with Crippen LogP contribution in [0.5, 0.6) is 0 Å². The molecule has 4 heteroatoms. The average Bonchev–Trinajstić information content (AvgIpc) is 2.44. The highest BCUT2D eigenvalue weighted by Crippen LogP contribution is 2.23. The molecule has 0 aliphatic carbocycles. The molecule has 0 bridgehead atoms. The fraction of sp³-hybridized carbons (Fsp3) is 0.533. The summed E-state index contributed by atoms with van der Waals surface area (Å²) in [6.45, 7) is 4.52. The zero-order valence-corrected chi connectivity index (χ0v) is 11.2. The lowest BCUT2D eigenvalue weighted by molar-refractivity contribution is 0.0440. The van der Waals surface area contributed by atoms with E-state index in [2.05, 4.69) is 11.8 Å². The molecule has 1 atom stereocenters. The minimum atomic E-state index is -0.356. The first-order valence-electron chi connectivity index (χ1n) is 6.80. The Hall–Kier alpha value is -1.60. The molecule has 102 valence electrons. The van der Waals surface area contributed by atoms with E-state index in [1.807, 2.05) is 6.07 Å². The van der Waals surface area contributed by atoms with Gasteiger partial charge in [0.05, 0.1) is 17.7 Å². The lowest BCUT2D eigenvalue weighted by atomic mass is 10.1. The molecule has 3 nitrogen and oxygen atoms in total. The third-order valence-electron chi connectivity index (χ3n) is 3.31. The molecule has 0 N–H and O–H groups in total. The Balaban J connectivity index is 2.08. The van der Waals surface area contributed by atoms with Crippen molar-refractivity contribution in [3.63, 3.8) is 0 Å². The van der Waals surface area contributed by atoms with Crippen LogP contribution in [-0.4, -0.2) is 25.8 Å². The SMILES string of the molecule is CCCOC1CCCN(c2cc(F)cc(C#N)c2)C1. The molecule has 1 saturated heterocycles. The molecule has 1 fully saturated rings. The van der Waals surface area contributed by atoms with Crippen molar-refractivity contribution in [2.24, 2.45) is 0 Å². The molecule has 2 rings (SSSR count). The van der Waals surface area contributed by atoms with Crippen molar-refractivity contribution < 1.29 is 9.13 Å². The Morgan fingerprint density at radius 3 is 3.05 bits per heavy atom. The van der Waals surface area contributed by atoms with Crippen LogP contribution >= 0.6 is 0 Å². The maximum absolute atomic E-state index is 13.5. The van der Waals surface area contributed by atoms with E-state index >= 15 is 0 Å². The molecule has 0 amide bonds. The zero-order chi connectivity index (χ0) is 13.7. The Kier molecular flexibility index (Phi) is 4.75. The number of ether oxygens (including phenoxy) is 1. The summed E-state index contributed by atoms with van der Waals surface area (Å²) >= 11 is 0. The third-order valence-corrected chi connectivity index (χ3v) is 3.31. The van der Waals surface area contributed by atoms with Gasteiger partial charge < -0.3 is 9.64 Å². The van der Waals surface area contributed by atoms with Gasteiger partial charge in [-0.05, 0) is 37.5 Å². The fourth-order valence-corrected chi connectivity index (χ4v) is 2.41. The number of piperidine rings is 1. The summed E-state index contributed by atoms with van der Waals surface area (Å²) in [4.78, 5) is 2.10. The standard InChI is InChI=1S/C15H19FN2O/c1-2-6-19-15-4-3-5-18(11-15)14-8-12(10-17)7-13(16)9-14/h7-9,15H,2-6,11H2,1H3. The maximum atomic E-state index is 13.5. The number of rotatable bonds is 4. The van der Waals surface area contributed by atoms with Gasteiger partial charge in [-0.3, -0.25) is 0 Å². The van der Waals surface area contributed by atoms with Crippen LogP contribution in [-0.2, 0) is 4.74 Å². The fourth-order valence-electron chi connectivity index (χ4n) is 2.41. The third kappa shape index (κ3) is 3.68. The molecule has 0 saturated carbocycles. The summed E-state index contributed by atoms with van der Waals surface area (Å²) in [5, 5.41) is 8.89. The predicted octanol–water partition coefficient (Wildman–Crippen LogP) is 3.09. The summed E-state index contributed by atoms with van der Waals surface area (Å²) in [6.07, 6.45) is 3.31. The topological polar surface area (TPSA) is 36.3 Å².